The number of hydrogen-bond donors (Lipinski definition) is 0. The molecule has 24 heavy (non-hydrogen) atoms. The van der Waals surface area contributed by atoms with Crippen LogP contribution in [0.15, 0.2) is 48.8 Å². The third-order valence-corrected chi connectivity index (χ3v) is 4.82. The topological polar surface area (TPSA) is 59.0 Å². The quantitative estimate of drug-likeness (QED) is 0.717. The molecule has 3 aromatic heterocycles. The second-order valence-corrected chi connectivity index (χ2v) is 6.45. The van der Waals surface area contributed by atoms with Crippen molar-refractivity contribution in [2.75, 3.05) is 13.6 Å². The van der Waals surface area contributed by atoms with Crippen LogP contribution in [-0.4, -0.2) is 39.4 Å². The highest BCUT2D eigenvalue weighted by molar-refractivity contribution is 7.17. The molecule has 122 valence electrons. The lowest BCUT2D eigenvalue weighted by molar-refractivity contribution is 0.0800. The molecule has 6 heteroatoms. The Morgan fingerprint density at radius 3 is 2.54 bits per heavy atom. The predicted molar refractivity (Wildman–Crippen MR) is 95.0 cm³/mol. The van der Waals surface area contributed by atoms with Gasteiger partial charge in [0.2, 0.25) is 0 Å². The van der Waals surface area contributed by atoms with Gasteiger partial charge >= 0.3 is 0 Å². The molecule has 0 unspecified atom stereocenters. The Hall–Kier alpha value is -2.60. The van der Waals surface area contributed by atoms with Crippen molar-refractivity contribution in [2.45, 2.75) is 13.3 Å². The Kier molecular flexibility index (Phi) is 4.96. The van der Waals surface area contributed by atoms with E-state index in [-0.39, 0.29) is 5.91 Å². The van der Waals surface area contributed by atoms with Crippen LogP contribution in [0.3, 0.4) is 0 Å². The van der Waals surface area contributed by atoms with E-state index in [9.17, 15) is 4.79 Å². The van der Waals surface area contributed by atoms with Crippen molar-refractivity contribution in [1.82, 2.24) is 19.9 Å². The summed E-state index contributed by atoms with van der Waals surface area (Å²) in [6.07, 6.45) is 4.23. The zero-order valence-electron chi connectivity index (χ0n) is 13.6. The van der Waals surface area contributed by atoms with Crippen molar-refractivity contribution >= 4 is 17.2 Å². The molecule has 0 N–H and O–H groups in total. The van der Waals surface area contributed by atoms with Gasteiger partial charge in [-0.05, 0) is 31.2 Å². The molecule has 0 fully saturated rings. The van der Waals surface area contributed by atoms with Gasteiger partial charge in [0.05, 0.1) is 11.4 Å². The van der Waals surface area contributed by atoms with Crippen LogP contribution in [0.4, 0.5) is 0 Å². The third kappa shape index (κ3) is 3.65. The molecule has 5 nitrogen and oxygen atoms in total. The van der Waals surface area contributed by atoms with Crippen molar-refractivity contribution < 1.29 is 4.79 Å². The SMILES string of the molecule is Cc1nc(-c2ccccn2)sc1C(=O)N(C)CCc1ccccn1. The molecule has 3 aromatic rings. The highest BCUT2D eigenvalue weighted by Crippen LogP contribution is 2.27. The average Bonchev–Trinajstić information content (AvgIpc) is 3.02. The summed E-state index contributed by atoms with van der Waals surface area (Å²) in [6, 6.07) is 11.5. The summed E-state index contributed by atoms with van der Waals surface area (Å²) in [5.41, 5.74) is 2.52. The number of rotatable bonds is 5. The lowest BCUT2D eigenvalue weighted by Crippen LogP contribution is -2.28. The maximum absolute atomic E-state index is 12.7. The normalized spacial score (nSPS) is 10.6. The summed E-state index contributed by atoms with van der Waals surface area (Å²) in [4.78, 5) is 28.2. The van der Waals surface area contributed by atoms with Crippen LogP contribution in [0.25, 0.3) is 10.7 Å². The van der Waals surface area contributed by atoms with Crippen LogP contribution in [0.2, 0.25) is 0 Å². The van der Waals surface area contributed by atoms with Crippen molar-refractivity contribution in [2.24, 2.45) is 0 Å². The summed E-state index contributed by atoms with van der Waals surface area (Å²) in [5.74, 6) is -0.0110. The zero-order valence-corrected chi connectivity index (χ0v) is 14.5. The van der Waals surface area contributed by atoms with E-state index in [1.807, 2.05) is 50.4 Å². The highest BCUT2D eigenvalue weighted by Gasteiger charge is 2.19. The summed E-state index contributed by atoms with van der Waals surface area (Å²) >= 11 is 1.39. The molecule has 0 aliphatic heterocycles. The highest BCUT2D eigenvalue weighted by atomic mass is 32.1. The molecule has 1 amide bonds. The van der Waals surface area contributed by atoms with Crippen LogP contribution in [0.5, 0.6) is 0 Å². The van der Waals surface area contributed by atoms with Crippen LogP contribution in [0.1, 0.15) is 21.1 Å². The lowest BCUT2D eigenvalue weighted by Gasteiger charge is -2.16. The number of carbonyl (C=O) groups excluding carboxylic acids is 1. The second-order valence-electron chi connectivity index (χ2n) is 5.45. The molecule has 0 spiro atoms. The van der Waals surface area contributed by atoms with E-state index < -0.39 is 0 Å². The number of carbonyl (C=O) groups is 1. The first-order chi connectivity index (χ1) is 11.6. The van der Waals surface area contributed by atoms with Crippen LogP contribution >= 0.6 is 11.3 Å². The molecule has 0 aromatic carbocycles. The van der Waals surface area contributed by atoms with Gasteiger partial charge in [0.25, 0.3) is 5.91 Å². The first-order valence-corrected chi connectivity index (χ1v) is 8.51. The summed E-state index contributed by atoms with van der Waals surface area (Å²) in [5, 5.41) is 0.773. The van der Waals surface area contributed by atoms with E-state index in [0.29, 0.717) is 11.4 Å². The van der Waals surface area contributed by atoms with Gasteiger partial charge in [-0.25, -0.2) is 4.98 Å². The van der Waals surface area contributed by atoms with E-state index in [1.165, 1.54) is 11.3 Å². The van der Waals surface area contributed by atoms with Crippen molar-refractivity contribution in [3.05, 3.63) is 65.1 Å². The van der Waals surface area contributed by atoms with Gasteiger partial charge in [-0.2, -0.15) is 0 Å². The average molecular weight is 338 g/mol. The second kappa shape index (κ2) is 7.31. The molecule has 0 aliphatic carbocycles. The molecule has 3 heterocycles. The predicted octanol–water partition coefficient (Wildman–Crippen LogP) is 3.22. The first-order valence-electron chi connectivity index (χ1n) is 7.69. The minimum atomic E-state index is -0.0110. The van der Waals surface area contributed by atoms with Gasteiger partial charge in [-0.3, -0.25) is 14.8 Å². The van der Waals surface area contributed by atoms with Gasteiger partial charge in [-0.1, -0.05) is 12.1 Å². The van der Waals surface area contributed by atoms with Crippen molar-refractivity contribution in [3.8, 4) is 10.7 Å². The number of nitrogens with zero attached hydrogens (tertiary/aromatic N) is 4. The molecular weight excluding hydrogens is 320 g/mol. The number of thiazole rings is 1. The van der Waals surface area contributed by atoms with E-state index in [2.05, 4.69) is 15.0 Å². The summed E-state index contributed by atoms with van der Waals surface area (Å²) in [7, 11) is 1.81. The van der Waals surface area contributed by atoms with Gasteiger partial charge in [0, 0.05) is 38.1 Å². The van der Waals surface area contributed by atoms with Crippen LogP contribution < -0.4 is 0 Å². The van der Waals surface area contributed by atoms with Crippen LogP contribution in [-0.2, 0) is 6.42 Å². The fraction of sp³-hybridized carbons (Fsp3) is 0.222. The van der Waals surface area contributed by atoms with E-state index in [4.69, 9.17) is 0 Å². The maximum atomic E-state index is 12.7. The van der Waals surface area contributed by atoms with Crippen LogP contribution in [0, 0.1) is 6.92 Å². The lowest BCUT2D eigenvalue weighted by atomic mass is 10.2. The number of pyridine rings is 2. The summed E-state index contributed by atoms with van der Waals surface area (Å²) in [6.45, 7) is 2.48. The number of likely N-dealkylation sites (N-methyl/N-ethyl adjacent to an activating group) is 1. The molecular formula is C18H18N4OS. The third-order valence-electron chi connectivity index (χ3n) is 3.65. The standard InChI is InChI=1S/C18H18N4OS/c1-13-16(24-17(21-13)15-8-4-6-11-20-15)18(23)22(2)12-9-14-7-3-5-10-19-14/h3-8,10-11H,9,12H2,1-2H3. The van der Waals surface area contributed by atoms with Crippen molar-refractivity contribution in [3.63, 3.8) is 0 Å². The maximum Gasteiger partial charge on any atom is 0.265 e. The molecule has 3 rings (SSSR count). The fourth-order valence-electron chi connectivity index (χ4n) is 2.30. The Bertz CT molecular complexity index is 818. The van der Waals surface area contributed by atoms with E-state index >= 15 is 0 Å². The molecule has 0 bridgehead atoms. The zero-order chi connectivity index (χ0) is 16.9. The monoisotopic (exact) mass is 338 g/mol. The fourth-order valence-corrected chi connectivity index (χ4v) is 3.33. The molecule has 0 atom stereocenters. The van der Waals surface area contributed by atoms with E-state index in [1.54, 1.807) is 17.3 Å². The Morgan fingerprint density at radius 2 is 1.88 bits per heavy atom. The Labute approximate surface area is 145 Å². The number of aromatic nitrogens is 3. The number of hydrogen-bond acceptors (Lipinski definition) is 5. The molecule has 0 saturated carbocycles. The summed E-state index contributed by atoms with van der Waals surface area (Å²) < 4.78 is 0. The van der Waals surface area contributed by atoms with E-state index in [0.717, 1.165) is 28.5 Å². The largest absolute Gasteiger partial charge is 0.341 e. The molecule has 0 saturated heterocycles. The Morgan fingerprint density at radius 1 is 1.12 bits per heavy atom. The number of aryl methyl sites for hydroxylation is 1. The van der Waals surface area contributed by atoms with Gasteiger partial charge in [0.1, 0.15) is 9.88 Å². The number of amides is 1. The van der Waals surface area contributed by atoms with Gasteiger partial charge in [-0.15, -0.1) is 11.3 Å². The molecule has 0 radical (unpaired) electrons. The molecule has 0 aliphatic rings. The van der Waals surface area contributed by atoms with Crippen molar-refractivity contribution in [1.29, 1.82) is 0 Å². The minimum Gasteiger partial charge on any atom is -0.341 e. The van der Waals surface area contributed by atoms with Gasteiger partial charge in [0.15, 0.2) is 0 Å². The Balaban J connectivity index is 1.71. The first kappa shape index (κ1) is 16.3. The smallest absolute Gasteiger partial charge is 0.265 e. The van der Waals surface area contributed by atoms with Gasteiger partial charge < -0.3 is 4.90 Å². The minimum absolute atomic E-state index is 0.0110.